The van der Waals surface area contributed by atoms with Crippen molar-refractivity contribution in [2.45, 2.75) is 52.5 Å². The van der Waals surface area contributed by atoms with Crippen LogP contribution in [0.5, 0.6) is 5.75 Å². The third kappa shape index (κ3) is 7.59. The van der Waals surface area contributed by atoms with E-state index in [4.69, 9.17) is 4.74 Å². The lowest BCUT2D eigenvalue weighted by atomic mass is 10.0. The van der Waals surface area contributed by atoms with Crippen LogP contribution in [0.25, 0.3) is 10.9 Å². The van der Waals surface area contributed by atoms with Crippen LogP contribution in [0.1, 0.15) is 61.0 Å². The third-order valence-corrected chi connectivity index (χ3v) is 6.90. The smallest absolute Gasteiger partial charge is 0.251 e. The molecule has 2 amide bonds. The van der Waals surface area contributed by atoms with E-state index in [0.717, 1.165) is 55.5 Å². The second-order valence-electron chi connectivity index (χ2n) is 10.3. The second kappa shape index (κ2) is 13.3. The van der Waals surface area contributed by atoms with Gasteiger partial charge in [0.2, 0.25) is 5.91 Å². The molecule has 0 saturated carbocycles. The molecule has 1 aliphatic rings. The largest absolute Gasteiger partial charge is 0.493 e. The molecule has 0 aliphatic carbocycles. The minimum absolute atomic E-state index is 0.0335. The van der Waals surface area contributed by atoms with Gasteiger partial charge in [0.1, 0.15) is 5.75 Å². The van der Waals surface area contributed by atoms with Gasteiger partial charge in [-0.05, 0) is 68.3 Å². The van der Waals surface area contributed by atoms with Crippen LogP contribution in [0.2, 0.25) is 0 Å². The van der Waals surface area contributed by atoms with Gasteiger partial charge in [0, 0.05) is 47.9 Å². The van der Waals surface area contributed by atoms with Crippen LogP contribution in [0, 0.1) is 5.92 Å². The summed E-state index contributed by atoms with van der Waals surface area (Å²) in [4.78, 5) is 31.5. The summed E-state index contributed by atoms with van der Waals surface area (Å²) in [6.07, 6.45) is 6.56. The number of H-pyrrole nitrogens is 1. The first-order valence-electron chi connectivity index (χ1n) is 13.6. The molecule has 7 nitrogen and oxygen atoms in total. The number of benzene rings is 2. The van der Waals surface area contributed by atoms with Crippen LogP contribution in [0.15, 0.2) is 48.7 Å². The Hall–Kier alpha value is -3.32. The number of rotatable bonds is 7. The van der Waals surface area contributed by atoms with Crippen LogP contribution in [0.4, 0.5) is 0 Å². The second-order valence-corrected chi connectivity index (χ2v) is 10.3. The highest BCUT2D eigenvalue weighted by molar-refractivity contribution is 5.96. The van der Waals surface area contributed by atoms with E-state index in [-0.39, 0.29) is 11.8 Å². The number of ether oxygens (including phenoxy) is 1. The van der Waals surface area contributed by atoms with Gasteiger partial charge in [0.05, 0.1) is 13.2 Å². The van der Waals surface area contributed by atoms with Crippen LogP contribution < -0.4 is 15.4 Å². The predicted octanol–water partition coefficient (Wildman–Crippen LogP) is 4.67. The Morgan fingerprint density at radius 3 is 2.81 bits per heavy atom. The Balaban J connectivity index is 1.52. The van der Waals surface area contributed by atoms with Crippen molar-refractivity contribution in [2.75, 3.05) is 32.8 Å². The van der Waals surface area contributed by atoms with Gasteiger partial charge in [-0.25, -0.2) is 0 Å². The van der Waals surface area contributed by atoms with E-state index in [0.29, 0.717) is 44.3 Å². The summed E-state index contributed by atoms with van der Waals surface area (Å²) in [7, 11) is 0. The molecule has 0 radical (unpaired) electrons. The zero-order valence-corrected chi connectivity index (χ0v) is 22.1. The maximum absolute atomic E-state index is 13.4. The highest BCUT2D eigenvalue weighted by Crippen LogP contribution is 2.26. The number of aromatic nitrogens is 1. The highest BCUT2D eigenvalue weighted by atomic mass is 16.5. The third-order valence-electron chi connectivity index (χ3n) is 6.90. The van der Waals surface area contributed by atoms with Crippen molar-refractivity contribution in [1.29, 1.82) is 0 Å². The van der Waals surface area contributed by atoms with Gasteiger partial charge in [-0.2, -0.15) is 0 Å². The maximum atomic E-state index is 13.4. The predicted molar refractivity (Wildman–Crippen MR) is 148 cm³/mol. The number of nitrogens with one attached hydrogen (secondary N) is 3. The van der Waals surface area contributed by atoms with E-state index in [1.165, 1.54) is 10.9 Å². The lowest BCUT2D eigenvalue weighted by Crippen LogP contribution is -2.38. The van der Waals surface area contributed by atoms with Crippen molar-refractivity contribution in [1.82, 2.24) is 20.5 Å². The fourth-order valence-corrected chi connectivity index (χ4v) is 4.77. The van der Waals surface area contributed by atoms with E-state index >= 15 is 0 Å². The van der Waals surface area contributed by atoms with Gasteiger partial charge >= 0.3 is 0 Å². The normalized spacial score (nSPS) is 15.7. The van der Waals surface area contributed by atoms with Gasteiger partial charge in [-0.15, -0.1) is 0 Å². The summed E-state index contributed by atoms with van der Waals surface area (Å²) in [5.74, 6) is 1.17. The Morgan fingerprint density at radius 1 is 1.08 bits per heavy atom. The Bertz CT molecular complexity index is 1190. The zero-order chi connectivity index (χ0) is 26.0. The first-order chi connectivity index (χ1) is 18.0. The molecule has 3 aromatic rings. The number of para-hydroxylation sites is 1. The molecule has 1 aromatic heterocycles. The summed E-state index contributed by atoms with van der Waals surface area (Å²) >= 11 is 0. The number of hydrogen-bond donors (Lipinski definition) is 3. The van der Waals surface area contributed by atoms with Crippen LogP contribution in [0.3, 0.4) is 0 Å². The zero-order valence-electron chi connectivity index (χ0n) is 22.1. The molecule has 0 fully saturated rings. The molecule has 0 unspecified atom stereocenters. The monoisotopic (exact) mass is 504 g/mol. The minimum atomic E-state index is -0.113. The average molecular weight is 505 g/mol. The summed E-state index contributed by atoms with van der Waals surface area (Å²) in [6.45, 7) is 7.76. The minimum Gasteiger partial charge on any atom is -0.493 e. The van der Waals surface area contributed by atoms with Crippen LogP contribution in [-0.4, -0.2) is 54.5 Å². The van der Waals surface area contributed by atoms with Crippen molar-refractivity contribution in [2.24, 2.45) is 5.92 Å². The van der Waals surface area contributed by atoms with Crippen molar-refractivity contribution >= 4 is 22.7 Å². The maximum Gasteiger partial charge on any atom is 0.251 e. The van der Waals surface area contributed by atoms with Crippen LogP contribution >= 0.6 is 0 Å². The first-order valence-corrected chi connectivity index (χ1v) is 13.6. The van der Waals surface area contributed by atoms with E-state index in [9.17, 15) is 9.59 Å². The van der Waals surface area contributed by atoms with Gasteiger partial charge < -0.3 is 20.4 Å². The number of fused-ring (bicyclic) bond motifs is 2. The van der Waals surface area contributed by atoms with Crippen molar-refractivity contribution in [3.8, 4) is 5.75 Å². The molecule has 0 saturated heterocycles. The molecule has 2 heterocycles. The Labute approximate surface area is 220 Å². The molecular formula is C30H40N4O3. The number of hydrogen-bond acceptors (Lipinski definition) is 4. The molecule has 37 heavy (non-hydrogen) atoms. The van der Waals surface area contributed by atoms with Crippen molar-refractivity contribution in [3.05, 3.63) is 65.4 Å². The van der Waals surface area contributed by atoms with Gasteiger partial charge in [0.15, 0.2) is 0 Å². The van der Waals surface area contributed by atoms with E-state index in [1.54, 1.807) is 0 Å². The fraction of sp³-hybridized carbons (Fsp3) is 0.467. The average Bonchev–Trinajstić information content (AvgIpc) is 3.30. The topological polar surface area (TPSA) is 86.5 Å². The standard InChI is InChI=1S/C30H40N4O3/c1-22(2)14-17-34-20-26-25(10-8-12-28(26)37-18-7-3-6-15-31-29(35)21-34)30(36)32-16-13-23-19-33-27-11-5-4-9-24(23)27/h4-5,8-12,19,22,33H,3,6-7,13-18,20-21H2,1-2H3,(H,31,35)(H,32,36). The van der Waals surface area contributed by atoms with Gasteiger partial charge in [-0.3, -0.25) is 14.5 Å². The molecule has 3 N–H and O–H groups in total. The van der Waals surface area contributed by atoms with E-state index in [2.05, 4.69) is 46.5 Å². The molecule has 0 bridgehead atoms. The summed E-state index contributed by atoms with van der Waals surface area (Å²) in [6, 6.07) is 13.9. The van der Waals surface area contributed by atoms with E-state index in [1.807, 2.05) is 36.5 Å². The molecule has 1 aliphatic heterocycles. The molecule has 2 aromatic carbocycles. The summed E-state index contributed by atoms with van der Waals surface area (Å²) < 4.78 is 6.19. The first kappa shape index (κ1) is 26.7. The summed E-state index contributed by atoms with van der Waals surface area (Å²) in [5.41, 5.74) is 3.75. The molecule has 4 rings (SSSR count). The molecule has 7 heteroatoms. The highest BCUT2D eigenvalue weighted by Gasteiger charge is 2.21. The van der Waals surface area contributed by atoms with Crippen LogP contribution in [-0.2, 0) is 17.8 Å². The molecule has 0 spiro atoms. The fourth-order valence-electron chi connectivity index (χ4n) is 4.77. The number of carbonyl (C=O) groups is 2. The number of aromatic amines is 1. The number of carbonyl (C=O) groups excluding carboxylic acids is 2. The summed E-state index contributed by atoms with van der Waals surface area (Å²) in [5, 5.41) is 7.35. The van der Waals surface area contributed by atoms with Crippen molar-refractivity contribution < 1.29 is 14.3 Å². The molecular weight excluding hydrogens is 464 g/mol. The Morgan fingerprint density at radius 2 is 1.95 bits per heavy atom. The number of amides is 2. The number of nitrogens with zero attached hydrogens (tertiary/aromatic N) is 1. The SMILES string of the molecule is CC(C)CCN1CC(=O)NCCCCCOc2cccc(C(=O)NCCc3c[nH]c4ccccc34)c2C1. The molecule has 198 valence electrons. The van der Waals surface area contributed by atoms with Crippen molar-refractivity contribution in [3.63, 3.8) is 0 Å². The van der Waals surface area contributed by atoms with Gasteiger partial charge in [-0.1, -0.05) is 38.1 Å². The Kier molecular flexibility index (Phi) is 9.60. The lowest BCUT2D eigenvalue weighted by Gasteiger charge is -2.25. The lowest BCUT2D eigenvalue weighted by molar-refractivity contribution is -0.122. The quantitative estimate of drug-likeness (QED) is 0.437. The van der Waals surface area contributed by atoms with Gasteiger partial charge in [0.25, 0.3) is 5.91 Å². The molecule has 0 atom stereocenters. The van der Waals surface area contributed by atoms with E-state index < -0.39 is 0 Å².